The van der Waals surface area contributed by atoms with Crippen molar-refractivity contribution in [3.63, 3.8) is 0 Å². The van der Waals surface area contributed by atoms with Gasteiger partial charge in [-0.15, -0.1) is 12.0 Å². The Morgan fingerprint density at radius 2 is 1.67 bits per heavy atom. The predicted octanol–water partition coefficient (Wildman–Crippen LogP) is -1.63. The Bertz CT molecular complexity index is 565. The van der Waals surface area contributed by atoms with Crippen molar-refractivity contribution >= 4 is 0 Å². The fraction of sp³-hybridized carbons (Fsp3) is 0.111. The van der Waals surface area contributed by atoms with Crippen LogP contribution in [0, 0.1) is 12.1 Å². The molecule has 0 fully saturated rings. The zero-order chi connectivity index (χ0) is 12.2. The summed E-state index contributed by atoms with van der Waals surface area (Å²) >= 11 is 0. The van der Waals surface area contributed by atoms with Gasteiger partial charge in [-0.25, -0.2) is 12.2 Å². The molecule has 0 N–H and O–H groups in total. The maximum Gasteiger partial charge on any atom is 4.00 e. The standard InChI is InChI=1S/C13H9.C5H5.2HI.Ti/c1-3-7-12-10(5-1)9-11-6-2-4-8-13(11)12;1-2-4-5-3-1;;;/h1-5,7-8H,9H2;1-3H,4H2;2*1H;/q2*-1;;;+4/p-2. The molecule has 2 aliphatic rings. The molecular formula is C18H14I2Ti. The van der Waals surface area contributed by atoms with Gasteiger partial charge in [0.05, 0.1) is 0 Å². The SMILES string of the molecule is [C-]1=CC=CC1.[I-].[I-].[Ti+4].[c-]1cccc2c1Cc1ccccc1-2. The third-order valence-corrected chi connectivity index (χ3v) is 3.20. The third-order valence-electron chi connectivity index (χ3n) is 3.20. The van der Waals surface area contributed by atoms with Crippen molar-refractivity contribution in [2.24, 2.45) is 0 Å². The summed E-state index contributed by atoms with van der Waals surface area (Å²) in [6.07, 6.45) is 11.0. The summed E-state index contributed by atoms with van der Waals surface area (Å²) in [7, 11) is 0. The van der Waals surface area contributed by atoms with Gasteiger partial charge in [0.15, 0.2) is 0 Å². The molecule has 0 heterocycles. The summed E-state index contributed by atoms with van der Waals surface area (Å²) in [6.45, 7) is 0. The number of fused-ring (bicyclic) bond motifs is 3. The maximum atomic E-state index is 3.30. The number of benzene rings is 2. The number of rotatable bonds is 0. The minimum atomic E-state index is 0. The van der Waals surface area contributed by atoms with Crippen molar-refractivity contribution in [3.05, 3.63) is 84.0 Å². The van der Waals surface area contributed by atoms with E-state index < -0.39 is 0 Å². The van der Waals surface area contributed by atoms with E-state index in [9.17, 15) is 0 Å². The van der Waals surface area contributed by atoms with Gasteiger partial charge in [-0.05, 0) is 6.42 Å². The molecule has 0 aliphatic heterocycles. The van der Waals surface area contributed by atoms with Gasteiger partial charge in [0, 0.05) is 0 Å². The molecule has 0 radical (unpaired) electrons. The Morgan fingerprint density at radius 3 is 2.33 bits per heavy atom. The van der Waals surface area contributed by atoms with Crippen molar-refractivity contribution in [2.45, 2.75) is 12.8 Å². The molecule has 0 unspecified atom stereocenters. The van der Waals surface area contributed by atoms with E-state index in [4.69, 9.17) is 0 Å². The molecule has 0 spiro atoms. The zero-order valence-corrected chi connectivity index (χ0v) is 17.3. The van der Waals surface area contributed by atoms with Gasteiger partial charge in [0.1, 0.15) is 0 Å². The van der Waals surface area contributed by atoms with E-state index in [1.165, 1.54) is 22.3 Å². The minimum absolute atomic E-state index is 0. The summed E-state index contributed by atoms with van der Waals surface area (Å²) in [5.41, 5.74) is 5.51. The molecule has 0 atom stereocenters. The van der Waals surface area contributed by atoms with Gasteiger partial charge in [0.25, 0.3) is 0 Å². The molecule has 0 saturated heterocycles. The summed E-state index contributed by atoms with van der Waals surface area (Å²) in [6, 6.07) is 18.1. The summed E-state index contributed by atoms with van der Waals surface area (Å²) < 4.78 is 0. The van der Waals surface area contributed by atoms with E-state index in [0.717, 1.165) is 12.8 Å². The van der Waals surface area contributed by atoms with Crippen LogP contribution in [0.1, 0.15) is 17.5 Å². The first-order chi connectivity index (χ1) is 8.95. The molecule has 3 heteroatoms. The van der Waals surface area contributed by atoms with Gasteiger partial charge in [-0.1, -0.05) is 35.4 Å². The Labute approximate surface area is 176 Å². The molecule has 2 aliphatic carbocycles. The first kappa shape index (κ1) is 21.1. The summed E-state index contributed by atoms with van der Waals surface area (Å²) in [5, 5.41) is 0. The Hall–Kier alpha value is 0.0943. The van der Waals surface area contributed by atoms with E-state index in [-0.39, 0.29) is 69.7 Å². The number of hydrogen-bond acceptors (Lipinski definition) is 0. The van der Waals surface area contributed by atoms with E-state index in [1.807, 2.05) is 18.2 Å². The molecule has 4 rings (SSSR count). The zero-order valence-electron chi connectivity index (χ0n) is 11.4. The number of hydrogen-bond donors (Lipinski definition) is 0. The number of halogens is 2. The van der Waals surface area contributed by atoms with Crippen molar-refractivity contribution < 1.29 is 69.7 Å². The van der Waals surface area contributed by atoms with Crippen LogP contribution < -0.4 is 48.0 Å². The predicted molar refractivity (Wildman–Crippen MR) is 75.1 cm³/mol. The molecule has 104 valence electrons. The Balaban J connectivity index is 0.000000437. The third kappa shape index (κ3) is 5.34. The molecule has 2 aromatic rings. The van der Waals surface area contributed by atoms with Crippen molar-refractivity contribution in [3.8, 4) is 11.1 Å². The molecule has 0 amide bonds. The fourth-order valence-corrected chi connectivity index (χ4v) is 2.34. The van der Waals surface area contributed by atoms with Crippen LogP contribution in [0.4, 0.5) is 0 Å². The van der Waals surface area contributed by atoms with Crippen LogP contribution in [-0.4, -0.2) is 0 Å². The fourth-order valence-electron chi connectivity index (χ4n) is 2.34. The first-order valence-electron chi connectivity index (χ1n) is 6.25. The van der Waals surface area contributed by atoms with E-state index >= 15 is 0 Å². The van der Waals surface area contributed by atoms with Gasteiger partial charge in [-0.3, -0.25) is 6.08 Å². The van der Waals surface area contributed by atoms with Crippen LogP contribution in [0.5, 0.6) is 0 Å². The van der Waals surface area contributed by atoms with Gasteiger partial charge in [0.2, 0.25) is 0 Å². The van der Waals surface area contributed by atoms with Crippen LogP contribution >= 0.6 is 0 Å². The van der Waals surface area contributed by atoms with E-state index in [2.05, 4.69) is 54.6 Å². The molecule has 0 bridgehead atoms. The monoisotopic (exact) mass is 532 g/mol. The maximum absolute atomic E-state index is 3.30. The summed E-state index contributed by atoms with van der Waals surface area (Å²) in [5.74, 6) is 0. The minimum Gasteiger partial charge on any atom is -1.00 e. The quantitative estimate of drug-likeness (QED) is 0.186. The van der Waals surface area contributed by atoms with E-state index in [0.29, 0.717) is 0 Å². The second-order valence-electron chi connectivity index (χ2n) is 4.40. The van der Waals surface area contributed by atoms with Crippen molar-refractivity contribution in [1.29, 1.82) is 0 Å². The van der Waals surface area contributed by atoms with Crippen molar-refractivity contribution in [2.75, 3.05) is 0 Å². The van der Waals surface area contributed by atoms with Gasteiger partial charge in [-0.2, -0.15) is 35.9 Å². The van der Waals surface area contributed by atoms with Crippen molar-refractivity contribution in [1.82, 2.24) is 0 Å². The number of allylic oxidation sites excluding steroid dienone is 4. The molecule has 2 aromatic carbocycles. The van der Waals surface area contributed by atoms with Gasteiger partial charge < -0.3 is 48.0 Å². The Morgan fingerprint density at radius 1 is 0.905 bits per heavy atom. The van der Waals surface area contributed by atoms with Crippen LogP contribution in [0.25, 0.3) is 11.1 Å². The van der Waals surface area contributed by atoms with Crippen LogP contribution in [0.3, 0.4) is 0 Å². The average Bonchev–Trinajstić information content (AvgIpc) is 3.10. The average molecular weight is 532 g/mol. The topological polar surface area (TPSA) is 0 Å². The Kier molecular flexibility index (Phi) is 10.8. The van der Waals surface area contributed by atoms with Crippen LogP contribution in [0.2, 0.25) is 0 Å². The first-order valence-corrected chi connectivity index (χ1v) is 6.25. The van der Waals surface area contributed by atoms with Crippen LogP contribution in [0.15, 0.2) is 60.7 Å². The summed E-state index contributed by atoms with van der Waals surface area (Å²) in [4.78, 5) is 0. The normalized spacial score (nSPS) is 11.8. The second-order valence-corrected chi connectivity index (χ2v) is 4.40. The molecule has 0 saturated carbocycles. The molecule has 0 nitrogen and oxygen atoms in total. The smallest absolute Gasteiger partial charge is 1.00 e. The molecule has 21 heavy (non-hydrogen) atoms. The van der Waals surface area contributed by atoms with Crippen LogP contribution in [-0.2, 0) is 28.1 Å². The van der Waals surface area contributed by atoms with E-state index in [1.54, 1.807) is 0 Å². The second kappa shape index (κ2) is 10.8. The molecule has 0 aromatic heterocycles. The largest absolute Gasteiger partial charge is 4.00 e. The van der Waals surface area contributed by atoms with Gasteiger partial charge >= 0.3 is 21.7 Å². The molecular weight excluding hydrogens is 518 g/mol.